The van der Waals surface area contributed by atoms with Gasteiger partial charge in [-0.3, -0.25) is 0 Å². The highest BCUT2D eigenvalue weighted by molar-refractivity contribution is 5.12. The molecule has 4 fully saturated rings. The molecule has 4 aliphatic carbocycles. The highest BCUT2D eigenvalue weighted by Gasteiger charge is 2.63. The normalized spacial score (nSPS) is 61.9. The molecule has 4 bridgehead atoms. The fourth-order valence-corrected chi connectivity index (χ4v) is 6.82. The third-order valence-electron chi connectivity index (χ3n) is 7.10. The molecule has 0 aromatic carbocycles. The molecule has 0 saturated heterocycles. The van der Waals surface area contributed by atoms with Gasteiger partial charge in [0.2, 0.25) is 0 Å². The maximum absolute atomic E-state index is 2.59. The molecule has 0 heterocycles. The molecule has 0 N–H and O–H groups in total. The zero-order valence-electron chi connectivity index (χ0n) is 10.9. The van der Waals surface area contributed by atoms with Crippen molar-refractivity contribution in [2.75, 3.05) is 0 Å². The smallest absolute Gasteiger partial charge is 0.0321 e. The quantitative estimate of drug-likeness (QED) is 0.604. The van der Waals surface area contributed by atoms with E-state index in [1.54, 1.807) is 25.7 Å². The minimum Gasteiger partial charge on any atom is -0.0654 e. The van der Waals surface area contributed by atoms with Crippen molar-refractivity contribution >= 4 is 0 Å². The van der Waals surface area contributed by atoms with Gasteiger partial charge in [-0.2, -0.15) is 0 Å². The van der Waals surface area contributed by atoms with E-state index in [1.165, 1.54) is 42.4 Å². The molecule has 0 amide bonds. The summed E-state index contributed by atoms with van der Waals surface area (Å²) in [6, 6.07) is 0. The highest BCUT2D eigenvalue weighted by atomic mass is 14.7. The van der Waals surface area contributed by atoms with Gasteiger partial charge in [-0.1, -0.05) is 26.7 Å². The molecule has 90 valence electrons. The molecule has 0 radical (unpaired) electrons. The van der Waals surface area contributed by atoms with E-state index < -0.39 is 0 Å². The van der Waals surface area contributed by atoms with Crippen molar-refractivity contribution in [3.63, 3.8) is 0 Å². The predicted octanol–water partition coefficient (Wildman–Crippen LogP) is 4.35. The van der Waals surface area contributed by atoms with E-state index in [1.807, 2.05) is 0 Å². The Kier molecular flexibility index (Phi) is 2.04. The van der Waals surface area contributed by atoms with Crippen LogP contribution in [0.25, 0.3) is 0 Å². The van der Waals surface area contributed by atoms with Gasteiger partial charge in [0.1, 0.15) is 0 Å². The maximum Gasteiger partial charge on any atom is -0.0321 e. The van der Waals surface area contributed by atoms with Gasteiger partial charge >= 0.3 is 0 Å². The molecule has 4 rings (SSSR count). The second kappa shape index (κ2) is 3.27. The van der Waals surface area contributed by atoms with Gasteiger partial charge in [0.15, 0.2) is 0 Å². The van der Waals surface area contributed by atoms with E-state index >= 15 is 0 Å². The van der Waals surface area contributed by atoms with Crippen molar-refractivity contribution in [2.45, 2.75) is 52.4 Å². The van der Waals surface area contributed by atoms with Gasteiger partial charge in [0.05, 0.1) is 0 Å². The average molecular weight is 218 g/mol. The Labute approximate surface area is 100 Å². The van der Waals surface area contributed by atoms with Crippen molar-refractivity contribution in [3.05, 3.63) is 0 Å². The lowest BCUT2D eigenvalue weighted by atomic mass is 9.63. The SMILES string of the molecule is CCCC1C(C)C2CC1C1C3CCC(C3)C21. The summed E-state index contributed by atoms with van der Waals surface area (Å²) in [6.45, 7) is 4.98. The van der Waals surface area contributed by atoms with Crippen LogP contribution in [0.1, 0.15) is 52.4 Å². The van der Waals surface area contributed by atoms with Crippen LogP contribution in [0.5, 0.6) is 0 Å². The standard InChI is InChI=1S/C16H26/c1-3-4-12-9(2)13-8-14(12)16-11-6-5-10(7-11)15(13)16/h9-16H,3-8H2,1-2H3. The van der Waals surface area contributed by atoms with Gasteiger partial charge in [0, 0.05) is 0 Å². The van der Waals surface area contributed by atoms with E-state index in [4.69, 9.17) is 0 Å². The third kappa shape index (κ3) is 1.03. The van der Waals surface area contributed by atoms with Crippen molar-refractivity contribution < 1.29 is 0 Å². The Balaban J connectivity index is 1.64. The van der Waals surface area contributed by atoms with E-state index in [0.717, 1.165) is 17.8 Å². The molecule has 4 saturated carbocycles. The lowest BCUT2D eigenvalue weighted by molar-refractivity contribution is 0.0593. The van der Waals surface area contributed by atoms with Crippen LogP contribution in [0.2, 0.25) is 0 Å². The predicted molar refractivity (Wildman–Crippen MR) is 67.0 cm³/mol. The van der Waals surface area contributed by atoms with E-state index in [-0.39, 0.29) is 0 Å². The number of rotatable bonds is 2. The third-order valence-corrected chi connectivity index (χ3v) is 7.10. The molecule has 0 heteroatoms. The molecule has 8 unspecified atom stereocenters. The number of hydrogen-bond acceptors (Lipinski definition) is 0. The highest BCUT2D eigenvalue weighted by Crippen LogP contribution is 2.70. The lowest BCUT2D eigenvalue weighted by Gasteiger charge is -2.42. The zero-order chi connectivity index (χ0) is 10.9. The largest absolute Gasteiger partial charge is 0.0654 e. The van der Waals surface area contributed by atoms with Crippen molar-refractivity contribution in [3.8, 4) is 0 Å². The Hall–Kier alpha value is 0. The Morgan fingerprint density at radius 2 is 1.62 bits per heavy atom. The second-order valence-corrected chi connectivity index (χ2v) is 7.36. The maximum atomic E-state index is 2.59. The molecule has 0 nitrogen and oxygen atoms in total. The molecule has 0 aromatic heterocycles. The fourth-order valence-electron chi connectivity index (χ4n) is 6.82. The summed E-state index contributed by atoms with van der Waals surface area (Å²) in [5.41, 5.74) is 0. The Bertz CT molecular complexity index is 294. The summed E-state index contributed by atoms with van der Waals surface area (Å²) in [5.74, 6) is 9.28. The van der Waals surface area contributed by atoms with Gasteiger partial charge < -0.3 is 0 Å². The topological polar surface area (TPSA) is 0 Å². The first-order valence-electron chi connectivity index (χ1n) is 7.81. The second-order valence-electron chi connectivity index (χ2n) is 7.36. The molecule has 0 spiro atoms. The van der Waals surface area contributed by atoms with Crippen LogP contribution in [0.15, 0.2) is 0 Å². The van der Waals surface area contributed by atoms with Crippen molar-refractivity contribution in [2.24, 2.45) is 47.3 Å². The van der Waals surface area contributed by atoms with Gasteiger partial charge in [-0.25, -0.2) is 0 Å². The van der Waals surface area contributed by atoms with Gasteiger partial charge in [-0.05, 0) is 73.0 Å². The van der Waals surface area contributed by atoms with Crippen LogP contribution >= 0.6 is 0 Å². The summed E-state index contributed by atoms with van der Waals surface area (Å²) in [6.07, 6.45) is 9.41. The molecule has 16 heavy (non-hydrogen) atoms. The fraction of sp³-hybridized carbons (Fsp3) is 1.00. The van der Waals surface area contributed by atoms with Gasteiger partial charge in [-0.15, -0.1) is 0 Å². The van der Waals surface area contributed by atoms with Crippen LogP contribution in [0.4, 0.5) is 0 Å². The number of fused-ring (bicyclic) bond motifs is 9. The Morgan fingerprint density at radius 1 is 0.938 bits per heavy atom. The molecule has 0 aliphatic heterocycles. The average Bonchev–Trinajstić information content (AvgIpc) is 2.97. The molecule has 4 aliphatic rings. The lowest BCUT2D eigenvalue weighted by Crippen LogP contribution is -2.37. The Morgan fingerprint density at radius 3 is 2.31 bits per heavy atom. The molecule has 0 aromatic rings. The van der Waals surface area contributed by atoms with E-state index in [9.17, 15) is 0 Å². The van der Waals surface area contributed by atoms with Crippen LogP contribution < -0.4 is 0 Å². The monoisotopic (exact) mass is 218 g/mol. The van der Waals surface area contributed by atoms with Crippen LogP contribution in [-0.2, 0) is 0 Å². The van der Waals surface area contributed by atoms with E-state index in [2.05, 4.69) is 13.8 Å². The summed E-state index contributed by atoms with van der Waals surface area (Å²) in [4.78, 5) is 0. The molecular weight excluding hydrogens is 192 g/mol. The summed E-state index contributed by atoms with van der Waals surface area (Å²) in [7, 11) is 0. The summed E-state index contributed by atoms with van der Waals surface area (Å²) >= 11 is 0. The van der Waals surface area contributed by atoms with Crippen molar-refractivity contribution in [1.82, 2.24) is 0 Å². The van der Waals surface area contributed by atoms with Crippen LogP contribution in [0.3, 0.4) is 0 Å². The zero-order valence-corrected chi connectivity index (χ0v) is 10.9. The van der Waals surface area contributed by atoms with Crippen LogP contribution in [-0.4, -0.2) is 0 Å². The minimum absolute atomic E-state index is 1.07. The molecule has 8 atom stereocenters. The van der Waals surface area contributed by atoms with E-state index in [0.29, 0.717) is 0 Å². The summed E-state index contributed by atoms with van der Waals surface area (Å²) < 4.78 is 0. The summed E-state index contributed by atoms with van der Waals surface area (Å²) in [5, 5.41) is 0. The van der Waals surface area contributed by atoms with Crippen molar-refractivity contribution in [1.29, 1.82) is 0 Å². The first-order chi connectivity index (χ1) is 7.81. The number of hydrogen-bond donors (Lipinski definition) is 0. The first kappa shape index (κ1) is 9.97. The van der Waals surface area contributed by atoms with Crippen LogP contribution in [0, 0.1) is 47.3 Å². The molecular formula is C16H26. The minimum atomic E-state index is 1.07. The first-order valence-corrected chi connectivity index (χ1v) is 7.81. The van der Waals surface area contributed by atoms with Gasteiger partial charge in [0.25, 0.3) is 0 Å².